The van der Waals surface area contributed by atoms with Crippen molar-refractivity contribution in [1.82, 2.24) is 10.3 Å². The van der Waals surface area contributed by atoms with Crippen LogP contribution in [0.1, 0.15) is 41.4 Å². The first-order valence-corrected chi connectivity index (χ1v) is 12.6. The first kappa shape index (κ1) is 28.6. The molecule has 0 radical (unpaired) electrons. The maximum Gasteiger partial charge on any atom is 0.414 e. The number of benzene rings is 2. The number of alkyl halides is 3. The Kier molecular flexibility index (Phi) is 7.06. The van der Waals surface area contributed by atoms with Crippen molar-refractivity contribution in [2.75, 3.05) is 20.3 Å². The number of nitrogens with one attached hydrogen (secondary N) is 1. The van der Waals surface area contributed by atoms with Gasteiger partial charge in [-0.05, 0) is 62.2 Å². The minimum Gasteiger partial charge on any atom is -0.493 e. The predicted molar refractivity (Wildman–Crippen MR) is 136 cm³/mol. The van der Waals surface area contributed by atoms with Crippen LogP contribution in [0.4, 0.5) is 22.0 Å². The van der Waals surface area contributed by atoms with Gasteiger partial charge in [-0.2, -0.15) is 13.2 Å². The SMILES string of the molecule is COc1cc(C(=O)NCC(C)(O)c2cc3c(c(-c4ccc(F)c(F)c4)n2)OCC3(N)C(F)(F)F)ccc1OC1CC1. The smallest absolute Gasteiger partial charge is 0.414 e. The molecule has 1 fully saturated rings. The van der Waals surface area contributed by atoms with Crippen molar-refractivity contribution in [1.29, 1.82) is 0 Å². The average molecular weight is 580 g/mol. The van der Waals surface area contributed by atoms with E-state index in [0.717, 1.165) is 37.1 Å². The van der Waals surface area contributed by atoms with E-state index in [9.17, 15) is 31.9 Å². The van der Waals surface area contributed by atoms with E-state index in [1.807, 2.05) is 0 Å². The number of pyridine rings is 1. The highest BCUT2D eigenvalue weighted by Gasteiger charge is 2.59. The molecule has 2 atom stereocenters. The fourth-order valence-electron chi connectivity index (χ4n) is 4.34. The topological polar surface area (TPSA) is 116 Å². The number of rotatable bonds is 8. The minimum absolute atomic E-state index is 0.102. The molecule has 1 aliphatic carbocycles. The van der Waals surface area contributed by atoms with E-state index in [1.165, 1.54) is 26.2 Å². The molecule has 0 spiro atoms. The van der Waals surface area contributed by atoms with E-state index in [1.54, 1.807) is 6.07 Å². The summed E-state index contributed by atoms with van der Waals surface area (Å²) in [5, 5.41) is 13.8. The normalized spacial score (nSPS) is 19.6. The summed E-state index contributed by atoms with van der Waals surface area (Å²) < 4.78 is 86.1. The zero-order valence-corrected chi connectivity index (χ0v) is 21.9. The number of hydrogen-bond donors (Lipinski definition) is 3. The van der Waals surface area contributed by atoms with Gasteiger partial charge in [0.05, 0.1) is 25.5 Å². The number of carbonyl (C=O) groups is 1. The number of aliphatic hydroxyl groups is 1. The number of carbonyl (C=O) groups excluding carboxylic acids is 1. The van der Waals surface area contributed by atoms with Gasteiger partial charge in [-0.25, -0.2) is 13.8 Å². The lowest BCUT2D eigenvalue weighted by molar-refractivity contribution is -0.191. The molecule has 2 heterocycles. The molecule has 218 valence electrons. The van der Waals surface area contributed by atoms with Crippen molar-refractivity contribution in [3.05, 3.63) is 70.9 Å². The Bertz CT molecular complexity index is 1510. The maximum absolute atomic E-state index is 14.0. The molecule has 1 saturated carbocycles. The second-order valence-electron chi connectivity index (χ2n) is 10.3. The number of hydrogen-bond acceptors (Lipinski definition) is 7. The summed E-state index contributed by atoms with van der Waals surface area (Å²) in [6.07, 6.45) is -3.01. The van der Waals surface area contributed by atoms with Crippen LogP contribution in [-0.2, 0) is 11.1 Å². The number of amides is 1. The first-order valence-electron chi connectivity index (χ1n) is 12.6. The van der Waals surface area contributed by atoms with E-state index < -0.39 is 53.6 Å². The lowest BCUT2D eigenvalue weighted by Crippen LogP contribution is -2.52. The van der Waals surface area contributed by atoms with Crippen LogP contribution in [0.3, 0.4) is 0 Å². The van der Waals surface area contributed by atoms with Gasteiger partial charge in [-0.3, -0.25) is 4.79 Å². The zero-order chi connectivity index (χ0) is 29.7. The monoisotopic (exact) mass is 579 g/mol. The summed E-state index contributed by atoms with van der Waals surface area (Å²) in [6, 6.07) is 8.13. The third-order valence-electron chi connectivity index (χ3n) is 6.99. The third kappa shape index (κ3) is 5.38. The highest BCUT2D eigenvalue weighted by Crippen LogP contribution is 2.49. The van der Waals surface area contributed by atoms with Gasteiger partial charge in [0, 0.05) is 16.7 Å². The van der Waals surface area contributed by atoms with Gasteiger partial charge in [0.2, 0.25) is 0 Å². The molecule has 0 saturated heterocycles. The number of nitrogens with zero attached hydrogens (tertiary/aromatic N) is 1. The molecule has 41 heavy (non-hydrogen) atoms. The lowest BCUT2D eigenvalue weighted by atomic mass is 9.88. The van der Waals surface area contributed by atoms with E-state index in [4.69, 9.17) is 19.9 Å². The fourth-order valence-corrected chi connectivity index (χ4v) is 4.34. The number of aromatic nitrogens is 1. The number of halogens is 5. The Morgan fingerprint density at radius 2 is 1.88 bits per heavy atom. The van der Waals surface area contributed by atoms with Crippen LogP contribution in [0.2, 0.25) is 0 Å². The Hall–Kier alpha value is -3.97. The van der Waals surface area contributed by atoms with E-state index in [0.29, 0.717) is 11.5 Å². The van der Waals surface area contributed by atoms with Gasteiger partial charge in [-0.1, -0.05) is 0 Å². The van der Waals surface area contributed by atoms with Crippen LogP contribution in [-0.4, -0.2) is 48.5 Å². The largest absolute Gasteiger partial charge is 0.493 e. The van der Waals surface area contributed by atoms with Gasteiger partial charge in [0.15, 0.2) is 34.4 Å². The highest BCUT2D eigenvalue weighted by atomic mass is 19.4. The van der Waals surface area contributed by atoms with Crippen molar-refractivity contribution in [2.45, 2.75) is 43.2 Å². The molecule has 8 nitrogen and oxygen atoms in total. The summed E-state index contributed by atoms with van der Waals surface area (Å²) in [6.45, 7) is -0.247. The molecule has 1 aromatic heterocycles. The van der Waals surface area contributed by atoms with Crippen LogP contribution >= 0.6 is 0 Å². The number of fused-ring (bicyclic) bond motifs is 1. The summed E-state index contributed by atoms with van der Waals surface area (Å²) >= 11 is 0. The fraction of sp³-hybridized carbons (Fsp3) is 0.357. The van der Waals surface area contributed by atoms with Gasteiger partial charge < -0.3 is 30.4 Å². The molecule has 2 aromatic carbocycles. The standard InChI is InChI=1S/C28H26F5N3O5/c1-26(38,12-35-25(37)15-4-8-20(21(10-15)39-2)41-16-5-6-16)22-11-17-24(40-13-27(17,34)28(31,32)33)23(36-22)14-3-7-18(29)19(30)9-14/h3-4,7-11,16,38H,5-6,12-13,34H2,1-2H3,(H,35,37). The molecular weight excluding hydrogens is 553 g/mol. The van der Waals surface area contributed by atoms with E-state index >= 15 is 0 Å². The van der Waals surface area contributed by atoms with Crippen LogP contribution in [0.25, 0.3) is 11.3 Å². The predicted octanol–water partition coefficient (Wildman–Crippen LogP) is 4.32. The highest BCUT2D eigenvalue weighted by molar-refractivity contribution is 5.95. The van der Waals surface area contributed by atoms with Crippen LogP contribution < -0.4 is 25.3 Å². The van der Waals surface area contributed by atoms with Crippen LogP contribution in [0.15, 0.2) is 42.5 Å². The summed E-state index contributed by atoms with van der Waals surface area (Å²) in [4.78, 5) is 17.2. The molecule has 1 aliphatic heterocycles. The summed E-state index contributed by atoms with van der Waals surface area (Å²) in [7, 11) is 1.42. The van der Waals surface area contributed by atoms with Gasteiger partial charge in [0.1, 0.15) is 17.9 Å². The molecular formula is C28H26F5N3O5. The second kappa shape index (κ2) is 10.1. The van der Waals surface area contributed by atoms with Crippen molar-refractivity contribution in [3.8, 4) is 28.5 Å². The maximum atomic E-state index is 14.0. The van der Waals surface area contributed by atoms with Crippen molar-refractivity contribution >= 4 is 5.91 Å². The molecule has 5 rings (SSSR count). The number of nitrogens with two attached hydrogens (primary N) is 1. The Balaban J connectivity index is 1.47. The molecule has 3 aromatic rings. The molecule has 2 unspecified atom stereocenters. The molecule has 13 heteroatoms. The van der Waals surface area contributed by atoms with Crippen LogP contribution in [0, 0.1) is 11.6 Å². The van der Waals surface area contributed by atoms with E-state index in [-0.39, 0.29) is 34.4 Å². The minimum atomic E-state index is -4.96. The average Bonchev–Trinajstić information content (AvgIpc) is 3.68. The summed E-state index contributed by atoms with van der Waals surface area (Å²) in [5.74, 6) is -2.62. The quantitative estimate of drug-likeness (QED) is 0.341. The summed E-state index contributed by atoms with van der Waals surface area (Å²) in [5.41, 5.74) is -0.318. The lowest BCUT2D eigenvalue weighted by Gasteiger charge is -2.28. The molecule has 2 aliphatic rings. The van der Waals surface area contributed by atoms with Crippen LogP contribution in [0.5, 0.6) is 17.2 Å². The Morgan fingerprint density at radius 3 is 2.51 bits per heavy atom. The van der Waals surface area contributed by atoms with E-state index in [2.05, 4.69) is 10.3 Å². The van der Waals surface area contributed by atoms with Gasteiger partial charge in [-0.15, -0.1) is 0 Å². The van der Waals surface area contributed by atoms with Gasteiger partial charge >= 0.3 is 6.18 Å². The van der Waals surface area contributed by atoms with Gasteiger partial charge in [0.25, 0.3) is 5.91 Å². The number of methoxy groups -OCH3 is 1. The Morgan fingerprint density at radius 1 is 1.15 bits per heavy atom. The zero-order valence-electron chi connectivity index (χ0n) is 21.9. The van der Waals surface area contributed by atoms with Crippen molar-refractivity contribution < 1.29 is 46.1 Å². The first-order chi connectivity index (χ1) is 19.2. The second-order valence-corrected chi connectivity index (χ2v) is 10.3. The molecule has 4 N–H and O–H groups in total. The third-order valence-corrected chi connectivity index (χ3v) is 6.99. The molecule has 1 amide bonds. The molecule has 0 bridgehead atoms. The Labute approximate surface area is 231 Å². The number of ether oxygens (including phenoxy) is 3. The van der Waals surface area contributed by atoms with Crippen molar-refractivity contribution in [3.63, 3.8) is 0 Å². The van der Waals surface area contributed by atoms with Crippen molar-refractivity contribution in [2.24, 2.45) is 5.73 Å².